The summed E-state index contributed by atoms with van der Waals surface area (Å²) in [4.78, 5) is 3.98. The van der Waals surface area contributed by atoms with E-state index in [1.807, 2.05) is 0 Å². The minimum absolute atomic E-state index is 0.314. The smallest absolute Gasteiger partial charge is 0.240 e. The summed E-state index contributed by atoms with van der Waals surface area (Å²) in [5.74, 6) is 0.842. The van der Waals surface area contributed by atoms with Crippen molar-refractivity contribution in [3.63, 3.8) is 0 Å². The lowest BCUT2D eigenvalue weighted by atomic mass is 10.0. The van der Waals surface area contributed by atoms with E-state index in [0.29, 0.717) is 16.6 Å². The van der Waals surface area contributed by atoms with Gasteiger partial charge in [-0.3, -0.25) is 0 Å². The van der Waals surface area contributed by atoms with Crippen molar-refractivity contribution in [2.75, 3.05) is 18.9 Å². The predicted molar refractivity (Wildman–Crippen MR) is 55.7 cm³/mol. The Hall–Kier alpha value is -0.620. The van der Waals surface area contributed by atoms with Crippen LogP contribution in [-0.2, 0) is 11.3 Å². The third-order valence-corrected chi connectivity index (χ3v) is 2.92. The zero-order chi connectivity index (χ0) is 9.97. The molecule has 0 aromatic carbocycles. The van der Waals surface area contributed by atoms with E-state index in [0.717, 1.165) is 26.2 Å². The second kappa shape index (κ2) is 4.27. The number of hydrogen-bond donors (Lipinski definition) is 1. The van der Waals surface area contributed by atoms with Gasteiger partial charge in [0.15, 0.2) is 4.73 Å². The van der Waals surface area contributed by atoms with Crippen LogP contribution in [0.15, 0.2) is 4.73 Å². The molecular formula is C8H13BrN4O. The number of ether oxygens (including phenoxy) is 1. The van der Waals surface area contributed by atoms with Gasteiger partial charge in [0.25, 0.3) is 0 Å². The second-order valence-electron chi connectivity index (χ2n) is 3.50. The van der Waals surface area contributed by atoms with Crippen LogP contribution >= 0.6 is 15.9 Å². The Morgan fingerprint density at radius 1 is 1.64 bits per heavy atom. The zero-order valence-corrected chi connectivity index (χ0v) is 9.40. The van der Waals surface area contributed by atoms with Crippen LogP contribution < -0.4 is 5.73 Å². The van der Waals surface area contributed by atoms with Crippen molar-refractivity contribution >= 4 is 21.9 Å². The first kappa shape index (κ1) is 9.92. The molecule has 2 heterocycles. The molecule has 1 aliphatic heterocycles. The van der Waals surface area contributed by atoms with E-state index in [9.17, 15) is 0 Å². The van der Waals surface area contributed by atoms with E-state index in [4.69, 9.17) is 10.5 Å². The molecule has 2 rings (SSSR count). The van der Waals surface area contributed by atoms with Crippen molar-refractivity contribution in [1.82, 2.24) is 14.8 Å². The average molecular weight is 261 g/mol. The molecule has 0 spiro atoms. The van der Waals surface area contributed by atoms with Gasteiger partial charge in [-0.1, -0.05) is 0 Å². The van der Waals surface area contributed by atoms with Crippen molar-refractivity contribution in [1.29, 1.82) is 0 Å². The van der Waals surface area contributed by atoms with E-state index < -0.39 is 0 Å². The van der Waals surface area contributed by atoms with Crippen LogP contribution in [0, 0.1) is 5.92 Å². The quantitative estimate of drug-likeness (QED) is 0.864. The molecule has 0 radical (unpaired) electrons. The number of hydrogen-bond acceptors (Lipinski definition) is 4. The standard InChI is InChI=1S/C8H13BrN4O/c9-7-11-8(10)12-13(7)4-6-2-1-3-14-5-6/h6H,1-5H2,(H2,10,12). The van der Waals surface area contributed by atoms with Gasteiger partial charge in [0, 0.05) is 19.1 Å². The number of nitrogen functional groups attached to an aromatic ring is 1. The highest BCUT2D eigenvalue weighted by Crippen LogP contribution is 2.17. The molecule has 6 heteroatoms. The zero-order valence-electron chi connectivity index (χ0n) is 7.82. The van der Waals surface area contributed by atoms with Gasteiger partial charge in [0.1, 0.15) is 0 Å². The number of rotatable bonds is 2. The van der Waals surface area contributed by atoms with Crippen molar-refractivity contribution in [2.45, 2.75) is 19.4 Å². The largest absolute Gasteiger partial charge is 0.381 e. The molecule has 1 atom stereocenters. The van der Waals surface area contributed by atoms with Crippen molar-refractivity contribution in [3.8, 4) is 0 Å². The molecule has 0 amide bonds. The molecular weight excluding hydrogens is 248 g/mol. The van der Waals surface area contributed by atoms with Gasteiger partial charge in [0.05, 0.1) is 6.61 Å². The summed E-state index contributed by atoms with van der Waals surface area (Å²) in [7, 11) is 0. The fourth-order valence-corrected chi connectivity index (χ4v) is 2.06. The number of halogens is 1. The molecule has 1 unspecified atom stereocenters. The Morgan fingerprint density at radius 3 is 3.07 bits per heavy atom. The maximum Gasteiger partial charge on any atom is 0.240 e. The summed E-state index contributed by atoms with van der Waals surface area (Å²) < 4.78 is 7.87. The lowest BCUT2D eigenvalue weighted by molar-refractivity contribution is 0.0467. The normalized spacial score (nSPS) is 22.5. The second-order valence-corrected chi connectivity index (χ2v) is 4.21. The van der Waals surface area contributed by atoms with Gasteiger partial charge in [-0.15, -0.1) is 5.10 Å². The van der Waals surface area contributed by atoms with Gasteiger partial charge < -0.3 is 10.5 Å². The lowest BCUT2D eigenvalue weighted by Crippen LogP contribution is -2.22. The van der Waals surface area contributed by atoms with Crippen LogP contribution in [0.25, 0.3) is 0 Å². The summed E-state index contributed by atoms with van der Waals surface area (Å²) in [6.45, 7) is 2.52. The summed E-state index contributed by atoms with van der Waals surface area (Å²) in [6, 6.07) is 0. The minimum Gasteiger partial charge on any atom is -0.381 e. The summed E-state index contributed by atoms with van der Waals surface area (Å²) >= 11 is 3.31. The topological polar surface area (TPSA) is 66.0 Å². The third kappa shape index (κ3) is 2.24. The molecule has 0 saturated carbocycles. The predicted octanol–water partition coefficient (Wildman–Crippen LogP) is 1.05. The van der Waals surface area contributed by atoms with Crippen molar-refractivity contribution < 1.29 is 4.74 Å². The van der Waals surface area contributed by atoms with E-state index >= 15 is 0 Å². The Bertz CT molecular complexity index is 308. The molecule has 1 fully saturated rings. The fourth-order valence-electron chi connectivity index (χ4n) is 1.65. The Labute approximate surface area is 90.8 Å². The number of nitrogens with zero attached hydrogens (tertiary/aromatic N) is 3. The molecule has 2 N–H and O–H groups in total. The summed E-state index contributed by atoms with van der Waals surface area (Å²) in [6.07, 6.45) is 2.32. The molecule has 0 aliphatic carbocycles. The number of nitrogens with two attached hydrogens (primary N) is 1. The first-order chi connectivity index (χ1) is 6.75. The molecule has 1 aromatic rings. The lowest BCUT2D eigenvalue weighted by Gasteiger charge is -2.21. The van der Waals surface area contributed by atoms with Crippen molar-refractivity contribution in [3.05, 3.63) is 4.73 Å². The van der Waals surface area contributed by atoms with Gasteiger partial charge >= 0.3 is 0 Å². The number of anilines is 1. The summed E-state index contributed by atoms with van der Waals surface area (Å²) in [5, 5.41) is 4.09. The molecule has 5 nitrogen and oxygen atoms in total. The maximum atomic E-state index is 5.48. The van der Waals surface area contributed by atoms with Gasteiger partial charge in [-0.25, -0.2) is 4.68 Å². The summed E-state index contributed by atoms with van der Waals surface area (Å²) in [5.41, 5.74) is 5.48. The third-order valence-electron chi connectivity index (χ3n) is 2.33. The van der Waals surface area contributed by atoms with E-state index in [1.54, 1.807) is 4.68 Å². The van der Waals surface area contributed by atoms with Gasteiger partial charge in [0.2, 0.25) is 5.95 Å². The van der Waals surface area contributed by atoms with Gasteiger partial charge in [-0.05, 0) is 28.8 Å². The van der Waals surface area contributed by atoms with Crippen LogP contribution in [0.5, 0.6) is 0 Å². The highest BCUT2D eigenvalue weighted by atomic mass is 79.9. The molecule has 0 bridgehead atoms. The Kier molecular flexibility index (Phi) is 3.02. The SMILES string of the molecule is Nc1nc(Br)n(CC2CCCOC2)n1. The molecule has 78 valence electrons. The van der Waals surface area contributed by atoms with E-state index in [1.165, 1.54) is 6.42 Å². The van der Waals surface area contributed by atoms with Crippen LogP contribution in [-0.4, -0.2) is 28.0 Å². The highest BCUT2D eigenvalue weighted by molar-refractivity contribution is 9.10. The first-order valence-electron chi connectivity index (χ1n) is 4.69. The van der Waals surface area contributed by atoms with Crippen LogP contribution in [0.4, 0.5) is 5.95 Å². The van der Waals surface area contributed by atoms with Crippen LogP contribution in [0.1, 0.15) is 12.8 Å². The number of aromatic nitrogens is 3. The minimum atomic E-state index is 0.314. The molecule has 1 aromatic heterocycles. The highest BCUT2D eigenvalue weighted by Gasteiger charge is 2.16. The monoisotopic (exact) mass is 260 g/mol. The van der Waals surface area contributed by atoms with Crippen LogP contribution in [0.3, 0.4) is 0 Å². The van der Waals surface area contributed by atoms with Gasteiger partial charge in [-0.2, -0.15) is 4.98 Å². The van der Waals surface area contributed by atoms with E-state index in [2.05, 4.69) is 26.0 Å². The van der Waals surface area contributed by atoms with Crippen molar-refractivity contribution in [2.24, 2.45) is 5.92 Å². The first-order valence-corrected chi connectivity index (χ1v) is 5.48. The molecule has 14 heavy (non-hydrogen) atoms. The van der Waals surface area contributed by atoms with E-state index in [-0.39, 0.29) is 0 Å². The molecule has 1 saturated heterocycles. The molecule has 1 aliphatic rings. The van der Waals surface area contributed by atoms with Crippen LogP contribution in [0.2, 0.25) is 0 Å². The fraction of sp³-hybridized carbons (Fsp3) is 0.750. The maximum absolute atomic E-state index is 5.48. The average Bonchev–Trinajstić information content (AvgIpc) is 2.47. The Balaban J connectivity index is 1.98. The Morgan fingerprint density at radius 2 is 2.50 bits per heavy atom.